The Morgan fingerprint density at radius 3 is 2.55 bits per heavy atom. The zero-order chi connectivity index (χ0) is 14.7. The Morgan fingerprint density at radius 2 is 2.00 bits per heavy atom. The van der Waals surface area contributed by atoms with Crippen LogP contribution in [0.3, 0.4) is 0 Å². The number of nitrogen functional groups attached to an aromatic ring is 1. The van der Waals surface area contributed by atoms with Gasteiger partial charge < -0.3 is 11.5 Å². The average Bonchev–Trinajstić information content (AvgIpc) is 2.73. The molecule has 0 saturated heterocycles. The van der Waals surface area contributed by atoms with E-state index >= 15 is 0 Å². The van der Waals surface area contributed by atoms with E-state index in [-0.39, 0.29) is 0 Å². The quantitative estimate of drug-likeness (QED) is 0.655. The van der Waals surface area contributed by atoms with E-state index in [0.717, 1.165) is 11.3 Å². The van der Waals surface area contributed by atoms with Crippen molar-refractivity contribution in [1.29, 1.82) is 0 Å². The van der Waals surface area contributed by atoms with Gasteiger partial charge in [-0.3, -0.25) is 4.79 Å². The largest absolute Gasteiger partial charge is 0.383 e. The normalized spacial score (nSPS) is 11.3. The first-order valence-corrected chi connectivity index (χ1v) is 6.09. The van der Waals surface area contributed by atoms with Crippen LogP contribution in [0, 0.1) is 6.92 Å². The topological polar surface area (TPSA) is 86.9 Å². The number of benzene rings is 1. The van der Waals surface area contributed by atoms with E-state index in [1.54, 1.807) is 10.8 Å². The number of primary amides is 1. The molecule has 1 heterocycles. The third-order valence-corrected chi connectivity index (χ3v) is 3.00. The maximum Gasteiger partial charge on any atom is 0.248 e. The summed E-state index contributed by atoms with van der Waals surface area (Å²) in [6.45, 7) is 5.40. The van der Waals surface area contributed by atoms with Gasteiger partial charge >= 0.3 is 0 Å². The lowest BCUT2D eigenvalue weighted by Crippen LogP contribution is -2.12. The van der Waals surface area contributed by atoms with E-state index in [0.29, 0.717) is 17.1 Å². The summed E-state index contributed by atoms with van der Waals surface area (Å²) in [6.07, 6.45) is 2.99. The van der Waals surface area contributed by atoms with Crippen molar-refractivity contribution in [2.45, 2.75) is 6.92 Å². The van der Waals surface area contributed by atoms with Crippen molar-refractivity contribution in [2.75, 3.05) is 5.73 Å². The molecule has 2 aromatic rings. The molecule has 0 spiro atoms. The number of aromatic nitrogens is 2. The molecule has 102 valence electrons. The standard InChI is InChI=1S/C15H16N4O/c1-3-11(15(17)20)9-13-10(2)14(16)19(18-13)12-7-5-4-6-8-12/h3-9H,1,16H2,2H3,(H2,17,20)/b11-9+. The van der Waals surface area contributed by atoms with Crippen LogP contribution in [0.5, 0.6) is 0 Å². The Balaban J connectivity index is 2.54. The number of carbonyl (C=O) groups is 1. The van der Waals surface area contributed by atoms with Crippen LogP contribution in [-0.2, 0) is 4.79 Å². The maximum absolute atomic E-state index is 11.2. The number of anilines is 1. The monoisotopic (exact) mass is 268 g/mol. The smallest absolute Gasteiger partial charge is 0.248 e. The van der Waals surface area contributed by atoms with E-state index in [4.69, 9.17) is 11.5 Å². The van der Waals surface area contributed by atoms with Crippen molar-refractivity contribution in [1.82, 2.24) is 9.78 Å². The fourth-order valence-electron chi connectivity index (χ4n) is 1.81. The van der Waals surface area contributed by atoms with Crippen LogP contribution in [0.4, 0.5) is 5.82 Å². The highest BCUT2D eigenvalue weighted by molar-refractivity contribution is 5.99. The molecule has 1 aromatic heterocycles. The number of para-hydroxylation sites is 1. The summed E-state index contributed by atoms with van der Waals surface area (Å²) in [5.74, 6) is -0.0254. The van der Waals surface area contributed by atoms with Gasteiger partial charge in [0.15, 0.2) is 0 Å². The lowest BCUT2D eigenvalue weighted by molar-refractivity contribution is -0.114. The number of hydrogen-bond acceptors (Lipinski definition) is 3. The molecule has 5 nitrogen and oxygen atoms in total. The number of nitrogens with zero attached hydrogens (tertiary/aromatic N) is 2. The van der Waals surface area contributed by atoms with Crippen molar-refractivity contribution >= 4 is 17.8 Å². The maximum atomic E-state index is 11.2. The fourth-order valence-corrected chi connectivity index (χ4v) is 1.81. The van der Waals surface area contributed by atoms with Crippen LogP contribution in [-0.4, -0.2) is 15.7 Å². The van der Waals surface area contributed by atoms with Gasteiger partial charge in [0.25, 0.3) is 0 Å². The van der Waals surface area contributed by atoms with Crippen molar-refractivity contribution in [3.8, 4) is 5.69 Å². The third-order valence-electron chi connectivity index (χ3n) is 3.00. The van der Waals surface area contributed by atoms with Gasteiger partial charge in [0.05, 0.1) is 11.4 Å². The van der Waals surface area contributed by atoms with Crippen LogP contribution in [0.15, 0.2) is 48.6 Å². The van der Waals surface area contributed by atoms with E-state index in [1.807, 2.05) is 37.3 Å². The number of carbonyl (C=O) groups excluding carboxylic acids is 1. The summed E-state index contributed by atoms with van der Waals surface area (Å²) in [5, 5.41) is 4.41. The van der Waals surface area contributed by atoms with Crippen LogP contribution >= 0.6 is 0 Å². The molecular weight excluding hydrogens is 252 g/mol. The first-order valence-electron chi connectivity index (χ1n) is 6.09. The van der Waals surface area contributed by atoms with Crippen molar-refractivity contribution in [3.63, 3.8) is 0 Å². The number of hydrogen-bond donors (Lipinski definition) is 2. The van der Waals surface area contributed by atoms with Crippen molar-refractivity contribution < 1.29 is 4.79 Å². The minimum Gasteiger partial charge on any atom is -0.383 e. The minimum absolute atomic E-state index is 0.297. The summed E-state index contributed by atoms with van der Waals surface area (Å²) < 4.78 is 1.63. The highest BCUT2D eigenvalue weighted by Crippen LogP contribution is 2.22. The summed E-state index contributed by atoms with van der Waals surface area (Å²) in [5.41, 5.74) is 13.8. The van der Waals surface area contributed by atoms with Gasteiger partial charge in [-0.1, -0.05) is 30.9 Å². The second-order valence-electron chi connectivity index (χ2n) is 4.31. The Kier molecular flexibility index (Phi) is 3.70. The van der Waals surface area contributed by atoms with Gasteiger partial charge in [-0.25, -0.2) is 4.68 Å². The highest BCUT2D eigenvalue weighted by atomic mass is 16.1. The van der Waals surface area contributed by atoms with Gasteiger partial charge in [-0.2, -0.15) is 5.10 Å². The Morgan fingerprint density at radius 1 is 1.35 bits per heavy atom. The zero-order valence-electron chi connectivity index (χ0n) is 11.2. The van der Waals surface area contributed by atoms with E-state index in [2.05, 4.69) is 11.7 Å². The van der Waals surface area contributed by atoms with Gasteiger partial charge in [-0.05, 0) is 25.1 Å². The second kappa shape index (κ2) is 5.44. The highest BCUT2D eigenvalue weighted by Gasteiger charge is 2.12. The van der Waals surface area contributed by atoms with Crippen LogP contribution in [0.2, 0.25) is 0 Å². The zero-order valence-corrected chi connectivity index (χ0v) is 11.2. The molecule has 0 aliphatic rings. The summed E-state index contributed by atoms with van der Waals surface area (Å²) in [4.78, 5) is 11.2. The molecular formula is C15H16N4O. The molecule has 0 unspecified atom stereocenters. The van der Waals surface area contributed by atoms with Gasteiger partial charge in [0.1, 0.15) is 5.82 Å². The first-order chi connectivity index (χ1) is 9.54. The lowest BCUT2D eigenvalue weighted by Gasteiger charge is -2.02. The molecule has 4 N–H and O–H groups in total. The summed E-state index contributed by atoms with van der Waals surface area (Å²) in [7, 11) is 0. The fraction of sp³-hybridized carbons (Fsp3) is 0.0667. The van der Waals surface area contributed by atoms with Crippen LogP contribution in [0.25, 0.3) is 11.8 Å². The average molecular weight is 268 g/mol. The molecule has 0 aliphatic heterocycles. The van der Waals surface area contributed by atoms with Gasteiger partial charge in [0, 0.05) is 11.1 Å². The van der Waals surface area contributed by atoms with Gasteiger partial charge in [-0.15, -0.1) is 0 Å². The molecule has 0 fully saturated rings. The van der Waals surface area contributed by atoms with Crippen LogP contribution < -0.4 is 11.5 Å². The lowest BCUT2D eigenvalue weighted by atomic mass is 10.1. The Bertz CT molecular complexity index is 683. The number of amides is 1. The summed E-state index contributed by atoms with van der Waals surface area (Å²) >= 11 is 0. The van der Waals surface area contributed by atoms with E-state index in [1.165, 1.54) is 6.08 Å². The molecule has 5 heteroatoms. The van der Waals surface area contributed by atoms with Crippen molar-refractivity contribution in [2.24, 2.45) is 5.73 Å². The van der Waals surface area contributed by atoms with E-state index in [9.17, 15) is 4.79 Å². The number of rotatable bonds is 4. The van der Waals surface area contributed by atoms with Crippen molar-refractivity contribution in [3.05, 3.63) is 59.8 Å². The Hall–Kier alpha value is -2.82. The molecule has 0 saturated carbocycles. The predicted molar refractivity (Wildman–Crippen MR) is 80.1 cm³/mol. The molecule has 0 atom stereocenters. The molecule has 1 amide bonds. The molecule has 1 aromatic carbocycles. The number of nitrogens with two attached hydrogens (primary N) is 2. The van der Waals surface area contributed by atoms with Crippen LogP contribution in [0.1, 0.15) is 11.3 Å². The first kappa shape index (κ1) is 13.6. The molecule has 2 rings (SSSR count). The predicted octanol–water partition coefficient (Wildman–Crippen LogP) is 1.82. The van der Waals surface area contributed by atoms with Gasteiger partial charge in [0.2, 0.25) is 5.91 Å². The molecule has 0 aliphatic carbocycles. The molecule has 0 bridgehead atoms. The Labute approximate surface area is 117 Å². The second-order valence-corrected chi connectivity index (χ2v) is 4.31. The minimum atomic E-state index is -0.549. The van der Waals surface area contributed by atoms with E-state index < -0.39 is 5.91 Å². The summed E-state index contributed by atoms with van der Waals surface area (Å²) in [6, 6.07) is 9.52. The molecule has 0 radical (unpaired) electrons. The SMILES string of the molecule is C=C/C(=C\c1nn(-c2ccccc2)c(N)c1C)C(N)=O. The third kappa shape index (κ3) is 2.47. The molecule has 20 heavy (non-hydrogen) atoms.